The molecule has 20 heavy (non-hydrogen) atoms. The molecule has 1 aromatic heterocycles. The Hall–Kier alpha value is -1.28. The largest absolute Gasteiger partial charge is 0.459 e. The number of aryl methyl sites for hydroxylation is 1. The molecule has 0 aliphatic carbocycles. The van der Waals surface area contributed by atoms with E-state index in [4.69, 9.17) is 4.42 Å². The first-order valence-corrected chi connectivity index (χ1v) is 7.93. The fraction of sp³-hybridized carbons (Fsp3) is 0.556. The van der Waals surface area contributed by atoms with Crippen molar-refractivity contribution in [2.45, 2.75) is 53.0 Å². The van der Waals surface area contributed by atoms with Gasteiger partial charge in [0, 0.05) is 5.39 Å². The van der Waals surface area contributed by atoms with Crippen molar-refractivity contribution in [3.05, 3.63) is 35.6 Å². The molecule has 2 rings (SSSR count). The standard InChI is InChI=1S/C18H27NO/c1-5-11-19-17(14(6-2)7-3)16-12-15-10-8-9-13(4)18(15)20-16/h8-10,12,14,17,19H,5-7,11H2,1-4H3. The van der Waals surface area contributed by atoms with Crippen LogP contribution < -0.4 is 5.32 Å². The predicted molar refractivity (Wildman–Crippen MR) is 86.1 cm³/mol. The Kier molecular flexibility index (Phi) is 5.24. The maximum atomic E-state index is 6.18. The Morgan fingerprint density at radius 2 is 1.90 bits per heavy atom. The summed E-state index contributed by atoms with van der Waals surface area (Å²) in [6, 6.07) is 8.90. The molecule has 0 fully saturated rings. The van der Waals surface area contributed by atoms with Gasteiger partial charge in [0.05, 0.1) is 6.04 Å². The van der Waals surface area contributed by atoms with E-state index in [-0.39, 0.29) is 0 Å². The van der Waals surface area contributed by atoms with Crippen molar-refractivity contribution in [3.8, 4) is 0 Å². The van der Waals surface area contributed by atoms with Gasteiger partial charge in [0.25, 0.3) is 0 Å². The molecule has 0 aliphatic rings. The topological polar surface area (TPSA) is 25.2 Å². The highest BCUT2D eigenvalue weighted by atomic mass is 16.3. The van der Waals surface area contributed by atoms with Crippen molar-refractivity contribution in [2.75, 3.05) is 6.54 Å². The van der Waals surface area contributed by atoms with Crippen molar-refractivity contribution in [3.63, 3.8) is 0 Å². The van der Waals surface area contributed by atoms with E-state index in [0.29, 0.717) is 12.0 Å². The van der Waals surface area contributed by atoms with Crippen LogP contribution in [0.25, 0.3) is 11.0 Å². The molecule has 0 spiro atoms. The van der Waals surface area contributed by atoms with Crippen LogP contribution in [0.2, 0.25) is 0 Å². The number of rotatable bonds is 7. The van der Waals surface area contributed by atoms with Crippen molar-refractivity contribution < 1.29 is 4.42 Å². The van der Waals surface area contributed by atoms with Crippen LogP contribution in [-0.2, 0) is 0 Å². The van der Waals surface area contributed by atoms with E-state index in [2.05, 4.69) is 57.3 Å². The molecule has 1 atom stereocenters. The molecule has 1 heterocycles. The van der Waals surface area contributed by atoms with Gasteiger partial charge < -0.3 is 9.73 Å². The van der Waals surface area contributed by atoms with Crippen LogP contribution in [0, 0.1) is 12.8 Å². The summed E-state index contributed by atoms with van der Waals surface area (Å²) in [7, 11) is 0. The second-order valence-electron chi connectivity index (χ2n) is 5.65. The van der Waals surface area contributed by atoms with Crippen LogP contribution in [0.3, 0.4) is 0 Å². The number of hydrogen-bond donors (Lipinski definition) is 1. The third-order valence-corrected chi connectivity index (χ3v) is 4.20. The zero-order valence-electron chi connectivity index (χ0n) is 13.2. The summed E-state index contributed by atoms with van der Waals surface area (Å²) in [4.78, 5) is 0. The Morgan fingerprint density at radius 3 is 2.50 bits per heavy atom. The van der Waals surface area contributed by atoms with Crippen LogP contribution in [0.5, 0.6) is 0 Å². The van der Waals surface area contributed by atoms with Gasteiger partial charge in [0.2, 0.25) is 0 Å². The Morgan fingerprint density at radius 1 is 1.15 bits per heavy atom. The zero-order valence-corrected chi connectivity index (χ0v) is 13.2. The summed E-state index contributed by atoms with van der Waals surface area (Å²) in [5, 5.41) is 4.89. The maximum absolute atomic E-state index is 6.18. The monoisotopic (exact) mass is 273 g/mol. The molecule has 1 N–H and O–H groups in total. The van der Waals surface area contributed by atoms with E-state index >= 15 is 0 Å². The second kappa shape index (κ2) is 6.94. The van der Waals surface area contributed by atoms with Crippen LogP contribution in [0.15, 0.2) is 28.7 Å². The van der Waals surface area contributed by atoms with Crippen molar-refractivity contribution in [1.82, 2.24) is 5.32 Å². The summed E-state index contributed by atoms with van der Waals surface area (Å²) in [5.41, 5.74) is 2.25. The van der Waals surface area contributed by atoms with Gasteiger partial charge in [-0.2, -0.15) is 0 Å². The number of fused-ring (bicyclic) bond motifs is 1. The molecule has 0 radical (unpaired) electrons. The summed E-state index contributed by atoms with van der Waals surface area (Å²) >= 11 is 0. The highest BCUT2D eigenvalue weighted by molar-refractivity contribution is 5.81. The zero-order chi connectivity index (χ0) is 14.5. The molecule has 0 bridgehead atoms. The van der Waals surface area contributed by atoms with Crippen LogP contribution in [-0.4, -0.2) is 6.54 Å². The van der Waals surface area contributed by atoms with Gasteiger partial charge in [-0.15, -0.1) is 0 Å². The summed E-state index contributed by atoms with van der Waals surface area (Å²) < 4.78 is 6.18. The number of benzene rings is 1. The van der Waals surface area contributed by atoms with E-state index in [0.717, 1.165) is 24.3 Å². The predicted octanol–water partition coefficient (Wildman–Crippen LogP) is 5.22. The second-order valence-corrected chi connectivity index (χ2v) is 5.65. The lowest BCUT2D eigenvalue weighted by Crippen LogP contribution is -2.28. The van der Waals surface area contributed by atoms with Gasteiger partial charge in [-0.25, -0.2) is 0 Å². The number of hydrogen-bond acceptors (Lipinski definition) is 2. The smallest absolute Gasteiger partial charge is 0.137 e. The first kappa shape index (κ1) is 15.1. The van der Waals surface area contributed by atoms with Gasteiger partial charge in [0.15, 0.2) is 0 Å². The highest BCUT2D eigenvalue weighted by Crippen LogP contribution is 2.32. The van der Waals surface area contributed by atoms with E-state index in [1.54, 1.807) is 0 Å². The first-order chi connectivity index (χ1) is 9.71. The van der Waals surface area contributed by atoms with Gasteiger partial charge in [-0.3, -0.25) is 0 Å². The van der Waals surface area contributed by atoms with Crippen molar-refractivity contribution in [2.24, 2.45) is 5.92 Å². The molecule has 1 aromatic carbocycles. The van der Waals surface area contributed by atoms with Crippen LogP contribution >= 0.6 is 0 Å². The van der Waals surface area contributed by atoms with E-state index in [9.17, 15) is 0 Å². The lowest BCUT2D eigenvalue weighted by Gasteiger charge is -2.24. The minimum absolute atomic E-state index is 0.330. The van der Waals surface area contributed by atoms with Gasteiger partial charge in [-0.05, 0) is 37.4 Å². The van der Waals surface area contributed by atoms with E-state index in [1.165, 1.54) is 23.8 Å². The molecule has 0 saturated heterocycles. The molecule has 2 aromatic rings. The lowest BCUT2D eigenvalue weighted by molar-refractivity contribution is 0.300. The molecule has 110 valence electrons. The molecule has 2 nitrogen and oxygen atoms in total. The average Bonchev–Trinajstić information content (AvgIpc) is 2.88. The molecular weight excluding hydrogens is 246 g/mol. The highest BCUT2D eigenvalue weighted by Gasteiger charge is 2.23. The fourth-order valence-corrected chi connectivity index (χ4v) is 2.94. The fourth-order valence-electron chi connectivity index (χ4n) is 2.94. The third kappa shape index (κ3) is 3.06. The maximum Gasteiger partial charge on any atom is 0.137 e. The summed E-state index contributed by atoms with van der Waals surface area (Å²) in [5.74, 6) is 1.72. The Bertz CT molecular complexity index is 539. The normalized spacial score (nSPS) is 13.2. The molecule has 1 unspecified atom stereocenters. The van der Waals surface area contributed by atoms with Gasteiger partial charge in [0.1, 0.15) is 11.3 Å². The summed E-state index contributed by atoms with van der Waals surface area (Å²) in [6.07, 6.45) is 3.50. The van der Waals surface area contributed by atoms with E-state index in [1.807, 2.05) is 0 Å². The van der Waals surface area contributed by atoms with Crippen LogP contribution in [0.1, 0.15) is 57.4 Å². The first-order valence-electron chi connectivity index (χ1n) is 7.93. The van der Waals surface area contributed by atoms with Crippen molar-refractivity contribution in [1.29, 1.82) is 0 Å². The quantitative estimate of drug-likeness (QED) is 0.748. The number of nitrogens with one attached hydrogen (secondary N) is 1. The SMILES string of the molecule is CCCNC(c1cc2cccc(C)c2o1)C(CC)CC. The Labute approximate surface area is 122 Å². The lowest BCUT2D eigenvalue weighted by atomic mass is 9.92. The molecule has 0 amide bonds. The number of furan rings is 1. The molecule has 0 saturated carbocycles. The van der Waals surface area contributed by atoms with Crippen LogP contribution in [0.4, 0.5) is 0 Å². The average molecular weight is 273 g/mol. The van der Waals surface area contributed by atoms with E-state index < -0.39 is 0 Å². The molecule has 2 heteroatoms. The number of para-hydroxylation sites is 1. The third-order valence-electron chi connectivity index (χ3n) is 4.20. The summed E-state index contributed by atoms with van der Waals surface area (Å²) in [6.45, 7) is 9.89. The van der Waals surface area contributed by atoms with Crippen molar-refractivity contribution >= 4 is 11.0 Å². The minimum atomic E-state index is 0.330. The van der Waals surface area contributed by atoms with Gasteiger partial charge >= 0.3 is 0 Å². The minimum Gasteiger partial charge on any atom is -0.459 e. The Balaban J connectivity index is 2.36. The van der Waals surface area contributed by atoms with Gasteiger partial charge in [-0.1, -0.05) is 51.8 Å². The molecular formula is C18H27NO. The molecule has 0 aliphatic heterocycles.